The molecular weight excluding hydrogens is 490 g/mol. The van der Waals surface area contributed by atoms with Gasteiger partial charge in [0.15, 0.2) is 11.5 Å². The molecule has 0 aliphatic carbocycles. The lowest BCUT2D eigenvalue weighted by Crippen LogP contribution is -2.33. The summed E-state index contributed by atoms with van der Waals surface area (Å²) in [7, 11) is 2.97. The lowest BCUT2D eigenvalue weighted by Gasteiger charge is -2.14. The molecule has 0 bridgehead atoms. The molecule has 196 valence electrons. The quantitative estimate of drug-likeness (QED) is 0.105. The molecule has 0 aromatic heterocycles. The van der Waals surface area contributed by atoms with E-state index in [2.05, 4.69) is 5.32 Å². The number of esters is 1. The number of hydrogen-bond donors (Lipinski definition) is 2. The van der Waals surface area contributed by atoms with Gasteiger partial charge in [-0.1, -0.05) is 36.4 Å². The first-order valence-electron chi connectivity index (χ1n) is 11.9. The zero-order valence-corrected chi connectivity index (χ0v) is 22.1. The van der Waals surface area contributed by atoms with Crippen molar-refractivity contribution in [1.82, 2.24) is 5.32 Å². The topological polar surface area (TPSA) is 86.3 Å². The van der Waals surface area contributed by atoms with Crippen LogP contribution in [0.4, 0.5) is 0 Å². The molecule has 0 saturated carbocycles. The molecule has 2 N–H and O–H groups in total. The number of ether oxygens (including phenoxy) is 4. The number of methoxy groups -OCH3 is 2. The third-order valence-corrected chi connectivity index (χ3v) is 6.17. The summed E-state index contributed by atoms with van der Waals surface area (Å²) in [5.74, 6) is 1.54. The monoisotopic (exact) mass is 523 g/mol. The summed E-state index contributed by atoms with van der Waals surface area (Å²) in [5, 5.41) is 13.4. The van der Waals surface area contributed by atoms with Gasteiger partial charge in [0, 0.05) is 18.0 Å². The van der Waals surface area contributed by atoms with Crippen molar-refractivity contribution in [3.8, 4) is 17.2 Å². The minimum absolute atomic E-state index is 0.126. The smallest absolute Gasteiger partial charge is 0.338 e. The Hall–Kier alpha value is -3.46. The van der Waals surface area contributed by atoms with E-state index in [-0.39, 0.29) is 6.61 Å². The number of carbonyl (C=O) groups excluding carboxylic acids is 1. The third kappa shape index (κ3) is 8.86. The van der Waals surface area contributed by atoms with Crippen molar-refractivity contribution < 1.29 is 28.8 Å². The second-order valence-corrected chi connectivity index (χ2v) is 8.90. The summed E-state index contributed by atoms with van der Waals surface area (Å²) in [5.41, 5.74) is 2.07. The van der Waals surface area contributed by atoms with E-state index in [0.29, 0.717) is 48.1 Å². The fraction of sp³-hybridized carbons (Fsp3) is 0.276. The molecule has 0 heterocycles. The van der Waals surface area contributed by atoms with Crippen LogP contribution < -0.4 is 19.5 Å². The normalized spacial score (nSPS) is 12.1. The molecule has 7 nitrogen and oxygen atoms in total. The first-order chi connectivity index (χ1) is 18.0. The summed E-state index contributed by atoms with van der Waals surface area (Å²) in [6.07, 6.45) is 3.13. The van der Waals surface area contributed by atoms with Crippen molar-refractivity contribution in [2.24, 2.45) is 0 Å². The molecule has 0 spiro atoms. The maximum absolute atomic E-state index is 12.4. The largest absolute Gasteiger partial charge is 0.493 e. The molecule has 3 aromatic carbocycles. The average Bonchev–Trinajstić information content (AvgIpc) is 2.95. The van der Waals surface area contributed by atoms with Gasteiger partial charge in [0.05, 0.1) is 19.8 Å². The Kier molecular flexibility index (Phi) is 11.4. The van der Waals surface area contributed by atoms with Gasteiger partial charge in [0.1, 0.15) is 25.1 Å². The van der Waals surface area contributed by atoms with E-state index in [1.807, 2.05) is 54.8 Å². The van der Waals surface area contributed by atoms with Crippen molar-refractivity contribution in [2.75, 3.05) is 46.8 Å². The van der Waals surface area contributed by atoms with Crippen molar-refractivity contribution in [1.29, 1.82) is 0 Å². The molecule has 0 aliphatic heterocycles. The van der Waals surface area contributed by atoms with Crippen LogP contribution in [0.1, 0.15) is 11.1 Å². The predicted molar refractivity (Wildman–Crippen MR) is 147 cm³/mol. The number of benzene rings is 3. The van der Waals surface area contributed by atoms with E-state index in [1.165, 1.54) is 7.11 Å². The van der Waals surface area contributed by atoms with Gasteiger partial charge in [-0.25, -0.2) is 4.79 Å². The van der Waals surface area contributed by atoms with Crippen LogP contribution >= 0.6 is 11.8 Å². The first kappa shape index (κ1) is 28.1. The second kappa shape index (κ2) is 14.9. The van der Waals surface area contributed by atoms with E-state index < -0.39 is 12.1 Å². The van der Waals surface area contributed by atoms with Crippen LogP contribution in [0, 0.1) is 0 Å². The van der Waals surface area contributed by atoms with Crippen LogP contribution in [0.5, 0.6) is 17.2 Å². The number of rotatable bonds is 14. The van der Waals surface area contributed by atoms with Crippen LogP contribution in [-0.2, 0) is 9.53 Å². The van der Waals surface area contributed by atoms with Crippen molar-refractivity contribution in [3.63, 3.8) is 0 Å². The lowest BCUT2D eigenvalue weighted by atomic mass is 10.0. The van der Waals surface area contributed by atoms with E-state index in [0.717, 1.165) is 10.5 Å². The summed E-state index contributed by atoms with van der Waals surface area (Å²) >= 11 is 1.66. The van der Waals surface area contributed by atoms with Crippen LogP contribution in [-0.4, -0.2) is 64.0 Å². The summed E-state index contributed by atoms with van der Waals surface area (Å²) < 4.78 is 21.7. The molecule has 8 heteroatoms. The number of aliphatic hydroxyl groups is 1. The molecule has 1 unspecified atom stereocenters. The van der Waals surface area contributed by atoms with Crippen molar-refractivity contribution in [2.45, 2.75) is 11.0 Å². The molecule has 0 aliphatic rings. The third-order valence-electron chi connectivity index (χ3n) is 5.43. The van der Waals surface area contributed by atoms with E-state index in [9.17, 15) is 9.90 Å². The Morgan fingerprint density at radius 1 is 0.973 bits per heavy atom. The molecule has 37 heavy (non-hydrogen) atoms. The predicted octanol–water partition coefficient (Wildman–Crippen LogP) is 4.54. The van der Waals surface area contributed by atoms with Gasteiger partial charge in [0.25, 0.3) is 0 Å². The maximum Gasteiger partial charge on any atom is 0.338 e. The Labute approximate surface area is 222 Å². The minimum atomic E-state index is -0.694. The molecule has 1 atom stereocenters. The highest BCUT2D eigenvalue weighted by Gasteiger charge is 2.13. The van der Waals surface area contributed by atoms with Crippen LogP contribution in [0.25, 0.3) is 11.6 Å². The number of para-hydroxylation sites is 2. The summed E-state index contributed by atoms with van der Waals surface area (Å²) in [6.45, 7) is 1.48. The maximum atomic E-state index is 12.4. The molecule has 0 amide bonds. The fourth-order valence-corrected chi connectivity index (χ4v) is 3.87. The van der Waals surface area contributed by atoms with E-state index >= 15 is 0 Å². The van der Waals surface area contributed by atoms with Gasteiger partial charge >= 0.3 is 5.97 Å². The van der Waals surface area contributed by atoms with Crippen molar-refractivity contribution >= 4 is 29.4 Å². The number of aliphatic hydroxyl groups excluding tert-OH is 1. The van der Waals surface area contributed by atoms with E-state index in [1.54, 1.807) is 49.2 Å². The van der Waals surface area contributed by atoms with Crippen LogP contribution in [0.2, 0.25) is 0 Å². The molecular formula is C29H33NO6S. The number of thioether (sulfide) groups is 1. The highest BCUT2D eigenvalue weighted by Crippen LogP contribution is 2.26. The summed E-state index contributed by atoms with van der Waals surface area (Å²) in [4.78, 5) is 13.6. The lowest BCUT2D eigenvalue weighted by molar-refractivity contribution is -0.133. The second-order valence-electron chi connectivity index (χ2n) is 8.02. The number of carbonyl (C=O) groups is 1. The highest BCUT2D eigenvalue weighted by molar-refractivity contribution is 7.98. The van der Waals surface area contributed by atoms with Gasteiger partial charge < -0.3 is 29.4 Å². The SMILES string of the molecule is COC(=O)/C(=C/c1ccc(SC)cc1)c1ccc(OCC(O)CNCCOc2ccccc2OC)cc1. The van der Waals surface area contributed by atoms with E-state index in [4.69, 9.17) is 18.9 Å². The Morgan fingerprint density at radius 3 is 2.32 bits per heavy atom. The van der Waals surface area contributed by atoms with Crippen LogP contribution in [0.15, 0.2) is 77.7 Å². The van der Waals surface area contributed by atoms with Gasteiger partial charge in [-0.3, -0.25) is 0 Å². The number of nitrogens with one attached hydrogen (secondary N) is 1. The molecule has 0 radical (unpaired) electrons. The molecule has 0 fully saturated rings. The number of hydrogen-bond acceptors (Lipinski definition) is 8. The standard InChI is InChI=1S/C29H33NO6S/c1-33-27-6-4-5-7-28(27)35-17-16-30-19-23(31)20-36-24-12-10-22(11-13-24)26(29(32)34-2)18-21-8-14-25(37-3)15-9-21/h4-15,18,23,30-31H,16-17,19-20H2,1-3H3/b26-18+. The Morgan fingerprint density at radius 2 is 1.68 bits per heavy atom. The molecule has 3 rings (SSSR count). The van der Waals surface area contributed by atoms with Gasteiger partial charge in [-0.05, 0) is 59.9 Å². The first-order valence-corrected chi connectivity index (χ1v) is 13.1. The van der Waals surface area contributed by atoms with Gasteiger partial charge in [-0.2, -0.15) is 0 Å². The molecule has 0 saturated heterocycles. The fourth-order valence-electron chi connectivity index (χ4n) is 3.46. The Bertz CT molecular complexity index is 1150. The highest BCUT2D eigenvalue weighted by atomic mass is 32.2. The Balaban J connectivity index is 1.47. The van der Waals surface area contributed by atoms with Gasteiger partial charge in [0.2, 0.25) is 0 Å². The van der Waals surface area contributed by atoms with Gasteiger partial charge in [-0.15, -0.1) is 11.8 Å². The minimum Gasteiger partial charge on any atom is -0.493 e. The average molecular weight is 524 g/mol. The van der Waals surface area contributed by atoms with Crippen molar-refractivity contribution in [3.05, 3.63) is 83.9 Å². The molecule has 3 aromatic rings. The summed E-state index contributed by atoms with van der Waals surface area (Å²) in [6, 6.07) is 22.5. The zero-order chi connectivity index (χ0) is 26.5. The van der Waals surface area contributed by atoms with Crippen LogP contribution in [0.3, 0.4) is 0 Å². The zero-order valence-electron chi connectivity index (χ0n) is 21.3.